The van der Waals surface area contributed by atoms with Crippen molar-refractivity contribution in [2.75, 3.05) is 26.7 Å². The number of hydrogen-bond acceptors (Lipinski definition) is 2. The molecule has 22 heavy (non-hydrogen) atoms. The number of carbonyl (C=O) groups is 1. The summed E-state index contributed by atoms with van der Waals surface area (Å²) < 4.78 is 0. The monoisotopic (exact) mass is 302 g/mol. The fraction of sp³-hybridized carbons (Fsp3) is 0.529. The molecule has 1 aromatic rings. The minimum atomic E-state index is 0.0963. The molecule has 0 unspecified atom stereocenters. The molecule has 2 N–H and O–H groups in total. The van der Waals surface area contributed by atoms with Crippen LogP contribution in [0.4, 0.5) is 0 Å². The summed E-state index contributed by atoms with van der Waals surface area (Å²) in [5, 5.41) is 0. The lowest BCUT2D eigenvalue weighted by molar-refractivity contribution is -0.130. The summed E-state index contributed by atoms with van der Waals surface area (Å²) in [6.07, 6.45) is 4.02. The number of aliphatic imine (C=N–C) groups is 1. The Morgan fingerprint density at radius 1 is 1.23 bits per heavy atom. The first-order valence-electron chi connectivity index (χ1n) is 7.99. The van der Waals surface area contributed by atoms with Crippen LogP contribution >= 0.6 is 0 Å². The largest absolute Gasteiger partial charge is 0.370 e. The Balaban J connectivity index is 1.74. The van der Waals surface area contributed by atoms with Crippen molar-refractivity contribution in [1.29, 1.82) is 0 Å². The van der Waals surface area contributed by atoms with Crippen LogP contribution in [0, 0.1) is 0 Å². The molecule has 0 aromatic heterocycles. The third kappa shape index (κ3) is 5.06. The fourth-order valence-electron chi connectivity index (χ4n) is 2.63. The van der Waals surface area contributed by atoms with Crippen molar-refractivity contribution in [3.63, 3.8) is 0 Å². The molecule has 0 aliphatic carbocycles. The number of likely N-dealkylation sites (tertiary alicyclic amines) is 1. The highest BCUT2D eigenvalue weighted by Crippen LogP contribution is 2.08. The third-order valence-electron chi connectivity index (χ3n) is 3.97. The SMILES string of the molecule is CN(Cc1ccccc1)C(=O)CCN=C(N)N1CCCCC1. The fourth-order valence-corrected chi connectivity index (χ4v) is 2.63. The number of nitrogens with two attached hydrogens (primary N) is 1. The topological polar surface area (TPSA) is 61.9 Å². The van der Waals surface area contributed by atoms with E-state index in [-0.39, 0.29) is 5.91 Å². The van der Waals surface area contributed by atoms with Crippen LogP contribution < -0.4 is 5.73 Å². The number of carbonyl (C=O) groups excluding carboxylic acids is 1. The van der Waals surface area contributed by atoms with E-state index in [9.17, 15) is 4.79 Å². The quantitative estimate of drug-likeness (QED) is 0.667. The van der Waals surface area contributed by atoms with Crippen LogP contribution in [0.1, 0.15) is 31.2 Å². The number of benzene rings is 1. The zero-order chi connectivity index (χ0) is 15.8. The molecule has 1 amide bonds. The first kappa shape index (κ1) is 16.3. The average Bonchev–Trinajstić information content (AvgIpc) is 2.56. The number of piperidine rings is 1. The molecule has 5 nitrogen and oxygen atoms in total. The van der Waals surface area contributed by atoms with E-state index in [1.165, 1.54) is 19.3 Å². The highest BCUT2D eigenvalue weighted by molar-refractivity contribution is 5.79. The van der Waals surface area contributed by atoms with Gasteiger partial charge >= 0.3 is 0 Å². The minimum absolute atomic E-state index is 0.0963. The van der Waals surface area contributed by atoms with Crippen molar-refractivity contribution in [2.45, 2.75) is 32.2 Å². The summed E-state index contributed by atoms with van der Waals surface area (Å²) >= 11 is 0. The summed E-state index contributed by atoms with van der Waals surface area (Å²) in [4.78, 5) is 20.3. The number of amides is 1. The summed E-state index contributed by atoms with van der Waals surface area (Å²) in [5.74, 6) is 0.678. The second-order valence-electron chi connectivity index (χ2n) is 5.77. The predicted octanol–water partition coefficient (Wildman–Crippen LogP) is 1.84. The smallest absolute Gasteiger partial charge is 0.224 e. The maximum Gasteiger partial charge on any atom is 0.224 e. The Bertz CT molecular complexity index is 495. The van der Waals surface area contributed by atoms with Gasteiger partial charge in [-0.05, 0) is 24.8 Å². The standard InChI is InChI=1S/C17H26N4O/c1-20(14-15-8-4-2-5-9-15)16(22)10-11-19-17(18)21-12-6-3-7-13-21/h2,4-5,8-9H,3,6-7,10-14H2,1H3,(H2,18,19). The molecule has 0 bridgehead atoms. The zero-order valence-corrected chi connectivity index (χ0v) is 13.4. The van der Waals surface area contributed by atoms with Crippen LogP contribution in [0.25, 0.3) is 0 Å². The maximum atomic E-state index is 12.1. The first-order valence-corrected chi connectivity index (χ1v) is 7.99. The van der Waals surface area contributed by atoms with E-state index < -0.39 is 0 Å². The van der Waals surface area contributed by atoms with E-state index in [1.807, 2.05) is 37.4 Å². The molecule has 1 aromatic carbocycles. The van der Waals surface area contributed by atoms with Gasteiger partial charge in [0, 0.05) is 33.1 Å². The molecule has 0 saturated carbocycles. The highest BCUT2D eigenvalue weighted by atomic mass is 16.2. The van der Waals surface area contributed by atoms with E-state index in [4.69, 9.17) is 5.73 Å². The molecule has 1 aliphatic heterocycles. The number of hydrogen-bond donors (Lipinski definition) is 1. The van der Waals surface area contributed by atoms with Crippen LogP contribution in [-0.2, 0) is 11.3 Å². The Hall–Kier alpha value is -2.04. The normalized spacial score (nSPS) is 15.7. The Labute approximate surface area is 132 Å². The molecular weight excluding hydrogens is 276 g/mol. The molecule has 0 atom stereocenters. The van der Waals surface area contributed by atoms with Crippen molar-refractivity contribution in [1.82, 2.24) is 9.80 Å². The zero-order valence-electron chi connectivity index (χ0n) is 13.4. The molecule has 1 saturated heterocycles. The van der Waals surface area contributed by atoms with E-state index in [0.29, 0.717) is 25.5 Å². The number of rotatable bonds is 5. The summed E-state index contributed by atoms with van der Waals surface area (Å²) in [7, 11) is 1.83. The second-order valence-corrected chi connectivity index (χ2v) is 5.77. The highest BCUT2D eigenvalue weighted by Gasteiger charge is 2.12. The van der Waals surface area contributed by atoms with Crippen LogP contribution in [0.15, 0.2) is 35.3 Å². The Morgan fingerprint density at radius 2 is 1.91 bits per heavy atom. The number of nitrogens with zero attached hydrogens (tertiary/aromatic N) is 3. The minimum Gasteiger partial charge on any atom is -0.370 e. The van der Waals surface area contributed by atoms with E-state index >= 15 is 0 Å². The van der Waals surface area contributed by atoms with Crippen molar-refractivity contribution >= 4 is 11.9 Å². The molecule has 1 aliphatic rings. The lowest BCUT2D eigenvalue weighted by Crippen LogP contribution is -2.41. The van der Waals surface area contributed by atoms with E-state index in [2.05, 4.69) is 9.89 Å². The average molecular weight is 302 g/mol. The summed E-state index contributed by atoms with van der Waals surface area (Å²) in [6.45, 7) is 3.06. The van der Waals surface area contributed by atoms with Gasteiger partial charge in [0.1, 0.15) is 0 Å². The first-order chi connectivity index (χ1) is 10.7. The van der Waals surface area contributed by atoms with Crippen molar-refractivity contribution in [3.05, 3.63) is 35.9 Å². The van der Waals surface area contributed by atoms with E-state index in [0.717, 1.165) is 18.7 Å². The van der Waals surface area contributed by atoms with E-state index in [1.54, 1.807) is 4.90 Å². The molecule has 0 radical (unpaired) electrons. The predicted molar refractivity (Wildman–Crippen MR) is 89.4 cm³/mol. The van der Waals surface area contributed by atoms with Crippen LogP contribution in [0.2, 0.25) is 0 Å². The second kappa shape index (κ2) is 8.41. The summed E-state index contributed by atoms with van der Waals surface area (Å²) in [6, 6.07) is 9.99. The Morgan fingerprint density at radius 3 is 2.59 bits per heavy atom. The van der Waals surface area contributed by atoms with Gasteiger partial charge < -0.3 is 15.5 Å². The van der Waals surface area contributed by atoms with Gasteiger partial charge in [-0.3, -0.25) is 9.79 Å². The van der Waals surface area contributed by atoms with Crippen molar-refractivity contribution in [3.8, 4) is 0 Å². The number of guanidine groups is 1. The van der Waals surface area contributed by atoms with Crippen LogP contribution in [0.5, 0.6) is 0 Å². The molecule has 1 heterocycles. The van der Waals surface area contributed by atoms with Gasteiger partial charge in [-0.1, -0.05) is 30.3 Å². The summed E-state index contributed by atoms with van der Waals surface area (Å²) in [5.41, 5.74) is 7.12. The lowest BCUT2D eigenvalue weighted by Gasteiger charge is -2.27. The van der Waals surface area contributed by atoms with Gasteiger partial charge in [-0.2, -0.15) is 0 Å². The maximum absolute atomic E-state index is 12.1. The molecule has 2 rings (SSSR count). The third-order valence-corrected chi connectivity index (χ3v) is 3.97. The van der Waals surface area contributed by atoms with Gasteiger partial charge in [0.25, 0.3) is 0 Å². The van der Waals surface area contributed by atoms with Crippen molar-refractivity contribution in [2.24, 2.45) is 10.7 Å². The molecular formula is C17H26N4O. The van der Waals surface area contributed by atoms with Gasteiger partial charge in [0.2, 0.25) is 5.91 Å². The Kier molecular flexibility index (Phi) is 6.25. The van der Waals surface area contributed by atoms with Gasteiger partial charge in [0.15, 0.2) is 5.96 Å². The lowest BCUT2D eigenvalue weighted by atomic mass is 10.1. The molecule has 0 spiro atoms. The van der Waals surface area contributed by atoms with Crippen LogP contribution in [0.3, 0.4) is 0 Å². The molecule has 120 valence electrons. The molecule has 5 heteroatoms. The van der Waals surface area contributed by atoms with Gasteiger partial charge in [-0.25, -0.2) is 0 Å². The van der Waals surface area contributed by atoms with Gasteiger partial charge in [-0.15, -0.1) is 0 Å². The van der Waals surface area contributed by atoms with Crippen molar-refractivity contribution < 1.29 is 4.79 Å². The van der Waals surface area contributed by atoms with Gasteiger partial charge in [0.05, 0.1) is 6.54 Å². The van der Waals surface area contributed by atoms with Crippen LogP contribution in [-0.4, -0.2) is 48.3 Å². The molecule has 1 fully saturated rings.